The number of nitrogens with zero attached hydrogens (tertiary/aromatic N) is 2. The van der Waals surface area contributed by atoms with Crippen LogP contribution in [-0.2, 0) is 33.6 Å². The number of hydrogen-bond donors (Lipinski definition) is 2. The first-order valence-corrected chi connectivity index (χ1v) is 7.85. The van der Waals surface area contributed by atoms with Crippen molar-refractivity contribution in [2.45, 2.75) is 0 Å². The maximum Gasteiger partial charge on any atom is 0.0658 e. The molecule has 0 spiro atoms. The van der Waals surface area contributed by atoms with Gasteiger partial charge in [0, 0.05) is 55.6 Å². The van der Waals surface area contributed by atoms with Gasteiger partial charge in [-0.2, -0.15) is 0 Å². The molecule has 0 saturated heterocycles. The standard InChI is InChI=1S/C20H14N4.2Co/c1-2-14-10-16-5-6-18(23-16)12-20-8-7-19(24-20)11-17-4-3-15(22-17)9-13(1)21-14;;/h1-12,21,24H;;. The number of hydrogen-bond acceptors (Lipinski definition) is 2. The summed E-state index contributed by atoms with van der Waals surface area (Å²) in [6.07, 6.45) is 8.09. The summed E-state index contributed by atoms with van der Waals surface area (Å²) in [5, 5.41) is 0. The van der Waals surface area contributed by atoms with Crippen LogP contribution >= 0.6 is 0 Å². The smallest absolute Gasteiger partial charge is 0.0658 e. The van der Waals surface area contributed by atoms with Gasteiger partial charge in [-0.25, -0.2) is 9.97 Å². The number of rotatable bonds is 0. The van der Waals surface area contributed by atoms with Gasteiger partial charge in [-0.3, -0.25) is 0 Å². The largest absolute Gasteiger partial charge is 0.355 e. The molecule has 0 aromatic carbocycles. The molecule has 4 nitrogen and oxygen atoms in total. The Balaban J connectivity index is 0.000000980. The van der Waals surface area contributed by atoms with E-state index in [-0.39, 0.29) is 33.6 Å². The number of H-pyrrole nitrogens is 2. The summed E-state index contributed by atoms with van der Waals surface area (Å²) in [7, 11) is 0. The molecule has 2 radical (unpaired) electrons. The van der Waals surface area contributed by atoms with Crippen LogP contribution < -0.4 is 0 Å². The summed E-state index contributed by atoms with van der Waals surface area (Å²) in [6.45, 7) is 0. The normalized spacial score (nSPS) is 11.7. The average Bonchev–Trinajstić information content (AvgIpc) is 3.32. The molecule has 5 rings (SSSR count). The van der Waals surface area contributed by atoms with Crippen LogP contribution in [0.1, 0.15) is 22.8 Å². The van der Waals surface area contributed by atoms with Gasteiger partial charge >= 0.3 is 0 Å². The van der Waals surface area contributed by atoms with Crippen LogP contribution in [0, 0.1) is 0 Å². The SMILES string of the molecule is C1=Cc2cc3ccc(cc4nc(cc5ccc(cc1n2)[nH]5)C=C4)[nH]3.[Co].[Co]. The van der Waals surface area contributed by atoms with Crippen molar-refractivity contribution in [3.05, 3.63) is 71.3 Å². The van der Waals surface area contributed by atoms with E-state index in [4.69, 9.17) is 0 Å². The third kappa shape index (κ3) is 3.73. The van der Waals surface area contributed by atoms with E-state index in [1.807, 2.05) is 48.6 Å². The Morgan fingerprint density at radius 2 is 0.731 bits per heavy atom. The molecule has 2 aliphatic rings. The Hall–Kier alpha value is -2.39. The quantitative estimate of drug-likeness (QED) is 0.377. The molecule has 0 saturated carbocycles. The third-order valence-electron chi connectivity index (χ3n) is 4.04. The number of nitrogens with one attached hydrogen (secondary N) is 2. The first-order chi connectivity index (χ1) is 11.8. The van der Waals surface area contributed by atoms with E-state index in [2.05, 4.69) is 44.2 Å². The average molecular weight is 428 g/mol. The van der Waals surface area contributed by atoms with Gasteiger partial charge in [0.05, 0.1) is 22.8 Å². The molecule has 2 N–H and O–H groups in total. The van der Waals surface area contributed by atoms with Crippen molar-refractivity contribution in [2.75, 3.05) is 0 Å². The second-order valence-corrected chi connectivity index (χ2v) is 5.91. The van der Waals surface area contributed by atoms with Gasteiger partial charge in [0.15, 0.2) is 0 Å². The van der Waals surface area contributed by atoms with E-state index in [1.54, 1.807) is 0 Å². The number of aromatic amines is 2. The molecule has 132 valence electrons. The molecule has 26 heavy (non-hydrogen) atoms. The van der Waals surface area contributed by atoms with E-state index in [9.17, 15) is 0 Å². The van der Waals surface area contributed by atoms with Crippen molar-refractivity contribution >= 4 is 46.4 Å². The van der Waals surface area contributed by atoms with Crippen molar-refractivity contribution in [1.29, 1.82) is 0 Å². The maximum absolute atomic E-state index is 4.63. The zero-order valence-corrected chi connectivity index (χ0v) is 15.6. The first kappa shape index (κ1) is 18.4. The van der Waals surface area contributed by atoms with Crippen LogP contribution in [-0.4, -0.2) is 19.9 Å². The second kappa shape index (κ2) is 7.47. The summed E-state index contributed by atoms with van der Waals surface area (Å²) in [5.74, 6) is 0. The molecule has 0 aliphatic carbocycles. The molecular formula is C20H14Co2N4. The van der Waals surface area contributed by atoms with E-state index in [0.717, 1.165) is 44.8 Å². The molecule has 3 aromatic heterocycles. The Morgan fingerprint density at radius 3 is 1.00 bits per heavy atom. The molecule has 6 heteroatoms. The molecule has 0 atom stereocenters. The summed E-state index contributed by atoms with van der Waals surface area (Å²) in [5.41, 5.74) is 7.86. The van der Waals surface area contributed by atoms with Crippen LogP contribution in [0.2, 0.25) is 0 Å². The van der Waals surface area contributed by atoms with Crippen molar-refractivity contribution in [3.63, 3.8) is 0 Å². The van der Waals surface area contributed by atoms with Gasteiger partial charge in [-0.1, -0.05) is 0 Å². The zero-order chi connectivity index (χ0) is 15.9. The van der Waals surface area contributed by atoms with Crippen LogP contribution in [0.4, 0.5) is 0 Å². The number of aromatic nitrogens is 4. The van der Waals surface area contributed by atoms with E-state index < -0.39 is 0 Å². The molecule has 2 aliphatic heterocycles. The van der Waals surface area contributed by atoms with E-state index >= 15 is 0 Å². The van der Waals surface area contributed by atoms with Crippen LogP contribution in [0.3, 0.4) is 0 Å². The van der Waals surface area contributed by atoms with Gasteiger partial charge < -0.3 is 9.97 Å². The van der Waals surface area contributed by atoms with Crippen LogP contribution in [0.5, 0.6) is 0 Å². The molecular weight excluding hydrogens is 414 g/mol. The van der Waals surface area contributed by atoms with Crippen molar-refractivity contribution in [3.8, 4) is 0 Å². The minimum Gasteiger partial charge on any atom is -0.355 e. The van der Waals surface area contributed by atoms with Gasteiger partial charge in [0.2, 0.25) is 0 Å². The summed E-state index contributed by atoms with van der Waals surface area (Å²) in [6, 6.07) is 16.4. The molecule has 0 amide bonds. The topological polar surface area (TPSA) is 57.4 Å². The Kier molecular flexibility index (Phi) is 5.29. The minimum atomic E-state index is 0. The fourth-order valence-corrected chi connectivity index (χ4v) is 2.94. The second-order valence-electron chi connectivity index (χ2n) is 5.91. The van der Waals surface area contributed by atoms with Crippen LogP contribution in [0.15, 0.2) is 48.5 Å². The van der Waals surface area contributed by atoms with Crippen molar-refractivity contribution < 1.29 is 33.6 Å². The fraction of sp³-hybridized carbons (Fsp3) is 0. The van der Waals surface area contributed by atoms with Gasteiger partial charge in [-0.05, 0) is 72.8 Å². The summed E-state index contributed by atoms with van der Waals surface area (Å²) in [4.78, 5) is 16.0. The predicted octanol–water partition coefficient (Wildman–Crippen LogP) is 4.65. The molecule has 0 unspecified atom stereocenters. The maximum atomic E-state index is 4.63. The molecule has 3 aromatic rings. The Morgan fingerprint density at radius 1 is 0.462 bits per heavy atom. The molecule has 8 bridgehead atoms. The van der Waals surface area contributed by atoms with Gasteiger partial charge in [0.1, 0.15) is 0 Å². The van der Waals surface area contributed by atoms with E-state index in [1.165, 1.54) is 0 Å². The third-order valence-corrected chi connectivity index (χ3v) is 4.04. The van der Waals surface area contributed by atoms with Gasteiger partial charge in [0.25, 0.3) is 0 Å². The van der Waals surface area contributed by atoms with Gasteiger partial charge in [-0.15, -0.1) is 0 Å². The summed E-state index contributed by atoms with van der Waals surface area (Å²) >= 11 is 0. The number of fused-ring (bicyclic) bond motifs is 8. The monoisotopic (exact) mass is 428 g/mol. The first-order valence-electron chi connectivity index (χ1n) is 7.85. The van der Waals surface area contributed by atoms with Crippen molar-refractivity contribution in [1.82, 2.24) is 19.9 Å². The van der Waals surface area contributed by atoms with Crippen LogP contribution in [0.25, 0.3) is 46.4 Å². The van der Waals surface area contributed by atoms with E-state index in [0.29, 0.717) is 0 Å². The van der Waals surface area contributed by atoms with Crippen molar-refractivity contribution in [2.24, 2.45) is 0 Å². The Labute approximate surface area is 170 Å². The zero-order valence-electron chi connectivity index (χ0n) is 13.5. The Bertz CT molecular complexity index is 994. The molecule has 5 heterocycles. The fourth-order valence-electron chi connectivity index (χ4n) is 2.94. The minimum absolute atomic E-state index is 0. The summed E-state index contributed by atoms with van der Waals surface area (Å²) < 4.78 is 0. The molecule has 0 fully saturated rings. The predicted molar refractivity (Wildman–Crippen MR) is 98.9 cm³/mol.